The molecular formula is C16H14N2OSSe. The van der Waals surface area contributed by atoms with Crippen molar-refractivity contribution >= 4 is 24.2 Å². The van der Waals surface area contributed by atoms with Crippen LogP contribution >= 0.6 is 0 Å². The first-order chi connectivity index (χ1) is 10.1. The topological polar surface area (TPSA) is 53.8 Å². The van der Waals surface area contributed by atoms with Crippen LogP contribution in [0.3, 0.4) is 0 Å². The molecule has 2 aromatic carbocycles. The summed E-state index contributed by atoms with van der Waals surface area (Å²) in [5, 5.41) is 0. The van der Waals surface area contributed by atoms with Crippen LogP contribution in [-0.4, -0.2) is 23.7 Å². The normalized spacial score (nSPS) is 13.7. The molecule has 0 aliphatic carbocycles. The third-order valence-corrected chi connectivity index (χ3v) is 6.76. The van der Waals surface area contributed by atoms with Crippen LogP contribution in [0.1, 0.15) is 5.69 Å². The number of hydrogen-bond donors (Lipinski definition) is 1. The predicted molar refractivity (Wildman–Crippen MR) is 85.9 cm³/mol. The summed E-state index contributed by atoms with van der Waals surface area (Å²) in [4.78, 5) is 7.18. The molecule has 1 aromatic heterocycles. The second-order valence-electron chi connectivity index (χ2n) is 4.64. The van der Waals surface area contributed by atoms with E-state index in [9.17, 15) is 4.21 Å². The van der Waals surface area contributed by atoms with E-state index in [1.807, 2.05) is 53.5 Å². The zero-order chi connectivity index (χ0) is 14.7. The van der Waals surface area contributed by atoms with Crippen LogP contribution < -0.4 is 0 Å². The van der Waals surface area contributed by atoms with Gasteiger partial charge in [-0.3, -0.25) is 0 Å². The Balaban J connectivity index is 1.85. The molecular weight excluding hydrogens is 347 g/mol. The Kier molecular flexibility index (Phi) is 4.06. The minimum atomic E-state index is -2.81. The molecule has 0 saturated carbocycles. The van der Waals surface area contributed by atoms with Gasteiger partial charge in [0, 0.05) is 0 Å². The van der Waals surface area contributed by atoms with E-state index in [0.717, 1.165) is 15.8 Å². The summed E-state index contributed by atoms with van der Waals surface area (Å²) >= 11 is 0.156. The zero-order valence-corrected chi connectivity index (χ0v) is 13.8. The van der Waals surface area contributed by atoms with Gasteiger partial charge in [-0.25, -0.2) is 0 Å². The van der Waals surface area contributed by atoms with E-state index in [4.69, 9.17) is 4.78 Å². The molecule has 1 heterocycles. The first kappa shape index (κ1) is 14.3. The average molecular weight is 361 g/mol. The summed E-state index contributed by atoms with van der Waals surface area (Å²) < 4.78 is 21.7. The molecule has 3 nitrogen and oxygen atoms in total. The summed E-state index contributed by atoms with van der Waals surface area (Å²) in [6, 6.07) is 19.0. The van der Waals surface area contributed by atoms with Crippen molar-refractivity contribution in [3.8, 4) is 10.1 Å². The zero-order valence-electron chi connectivity index (χ0n) is 11.2. The fraction of sp³-hybridized carbons (Fsp3) is 0.0625. The van der Waals surface area contributed by atoms with Crippen LogP contribution in [0.5, 0.6) is 0 Å². The van der Waals surface area contributed by atoms with Crippen LogP contribution in [-0.2, 0) is 15.5 Å². The van der Waals surface area contributed by atoms with E-state index < -0.39 is 9.73 Å². The quantitative estimate of drug-likeness (QED) is 0.724. The van der Waals surface area contributed by atoms with Crippen LogP contribution in [0.2, 0.25) is 0 Å². The van der Waals surface area contributed by atoms with Crippen LogP contribution in [0.25, 0.3) is 10.1 Å². The molecule has 3 aromatic rings. The average Bonchev–Trinajstić information content (AvgIpc) is 2.97. The first-order valence-electron chi connectivity index (χ1n) is 6.46. The molecule has 0 saturated heterocycles. The molecule has 0 fully saturated rings. The molecule has 21 heavy (non-hydrogen) atoms. The number of nitrogens with one attached hydrogen (secondary N) is 1. The van der Waals surface area contributed by atoms with E-state index in [0.29, 0.717) is 4.90 Å². The monoisotopic (exact) mass is 362 g/mol. The maximum absolute atomic E-state index is 12.6. The number of rotatable bonds is 4. The van der Waals surface area contributed by atoms with Crippen molar-refractivity contribution in [2.45, 2.75) is 10.6 Å². The summed E-state index contributed by atoms with van der Waals surface area (Å²) in [6.45, 7) is 0. The third kappa shape index (κ3) is 3.32. The molecule has 0 aliphatic rings. The van der Waals surface area contributed by atoms with Gasteiger partial charge in [0.25, 0.3) is 0 Å². The van der Waals surface area contributed by atoms with E-state index in [-0.39, 0.29) is 20.3 Å². The molecule has 1 N–H and O–H groups in total. The van der Waals surface area contributed by atoms with E-state index in [1.165, 1.54) is 0 Å². The van der Waals surface area contributed by atoms with Crippen molar-refractivity contribution in [3.05, 3.63) is 71.3 Å². The Hall–Kier alpha value is -1.68. The maximum atomic E-state index is 12.6. The second-order valence-corrected chi connectivity index (χ2v) is 8.55. The van der Waals surface area contributed by atoms with Gasteiger partial charge < -0.3 is 0 Å². The van der Waals surface area contributed by atoms with Gasteiger partial charge in [0.1, 0.15) is 0 Å². The van der Waals surface area contributed by atoms with Crippen LogP contribution in [0, 0.1) is 4.78 Å². The SMILES string of the molecule is N=S(=O)(Cc1c[se]c(-c2ccccc2)n1)c1ccccc1. The fourth-order valence-corrected chi connectivity index (χ4v) is 5.32. The first-order valence-corrected chi connectivity index (χ1v) is 10.0. The van der Waals surface area contributed by atoms with Crippen molar-refractivity contribution in [3.63, 3.8) is 0 Å². The van der Waals surface area contributed by atoms with E-state index >= 15 is 0 Å². The molecule has 0 aliphatic heterocycles. The van der Waals surface area contributed by atoms with Crippen molar-refractivity contribution in [1.29, 1.82) is 4.78 Å². The summed E-state index contributed by atoms with van der Waals surface area (Å²) in [5.41, 5.74) is 1.89. The Bertz CT molecular complexity index is 827. The van der Waals surface area contributed by atoms with Crippen molar-refractivity contribution in [2.24, 2.45) is 0 Å². The molecule has 0 radical (unpaired) electrons. The molecule has 0 amide bonds. The fourth-order valence-electron chi connectivity index (χ4n) is 2.02. The number of nitrogens with zero attached hydrogens (tertiary/aromatic N) is 1. The second kappa shape index (κ2) is 5.98. The Morgan fingerprint density at radius 3 is 2.29 bits per heavy atom. The van der Waals surface area contributed by atoms with E-state index in [2.05, 4.69) is 4.98 Å². The Morgan fingerprint density at radius 2 is 1.62 bits per heavy atom. The van der Waals surface area contributed by atoms with Gasteiger partial charge in [-0.1, -0.05) is 0 Å². The number of hydrogen-bond acceptors (Lipinski definition) is 3. The summed E-state index contributed by atoms with van der Waals surface area (Å²) in [5.74, 6) is 0.190. The number of benzene rings is 2. The molecule has 3 rings (SSSR count). The van der Waals surface area contributed by atoms with Crippen molar-refractivity contribution < 1.29 is 4.21 Å². The van der Waals surface area contributed by atoms with Crippen LogP contribution in [0.15, 0.2) is 70.5 Å². The molecule has 1 atom stereocenters. The standard InChI is InChI=1S/C16H14N2OSSe/c17-20(19,15-9-5-2-6-10-15)11-14-12-21-16(18-14)13-7-3-1-4-8-13/h1-10,12,17H,11H2. The predicted octanol–water partition coefficient (Wildman–Crippen LogP) is 3.41. The van der Waals surface area contributed by atoms with Gasteiger partial charge in [-0.05, 0) is 0 Å². The van der Waals surface area contributed by atoms with Crippen molar-refractivity contribution in [1.82, 2.24) is 4.98 Å². The third-order valence-electron chi connectivity index (χ3n) is 3.05. The molecule has 1 unspecified atom stereocenters. The Morgan fingerprint density at radius 1 is 1.00 bits per heavy atom. The van der Waals surface area contributed by atoms with Gasteiger partial charge in [0.15, 0.2) is 0 Å². The summed E-state index contributed by atoms with van der Waals surface area (Å²) in [6.07, 6.45) is 0. The molecule has 0 spiro atoms. The van der Waals surface area contributed by atoms with Gasteiger partial charge in [0.05, 0.1) is 0 Å². The minimum absolute atomic E-state index is 0.156. The van der Waals surface area contributed by atoms with Gasteiger partial charge >= 0.3 is 130 Å². The summed E-state index contributed by atoms with van der Waals surface area (Å²) in [7, 11) is -2.81. The van der Waals surface area contributed by atoms with Gasteiger partial charge in [-0.2, -0.15) is 0 Å². The number of aromatic nitrogens is 1. The van der Waals surface area contributed by atoms with Crippen molar-refractivity contribution in [2.75, 3.05) is 0 Å². The van der Waals surface area contributed by atoms with Gasteiger partial charge in [-0.15, -0.1) is 0 Å². The van der Waals surface area contributed by atoms with Crippen LogP contribution in [0.4, 0.5) is 0 Å². The molecule has 106 valence electrons. The molecule has 0 bridgehead atoms. The van der Waals surface area contributed by atoms with E-state index in [1.54, 1.807) is 12.1 Å². The Labute approximate surface area is 130 Å². The molecule has 5 heteroatoms. The van der Waals surface area contributed by atoms with Gasteiger partial charge in [0.2, 0.25) is 0 Å².